The number of aromatic nitrogens is 3. The normalized spacial score (nSPS) is 16.1. The van der Waals surface area contributed by atoms with Gasteiger partial charge >= 0.3 is 5.69 Å². The Labute approximate surface area is 236 Å². The number of aryl methyl sites for hydroxylation is 1. The molecule has 1 aliphatic heterocycles. The second-order valence-electron chi connectivity index (χ2n) is 10.0. The molecule has 2 aromatic heterocycles. The maximum absolute atomic E-state index is 14.8. The maximum atomic E-state index is 14.8. The topological polar surface area (TPSA) is 115 Å². The molecule has 3 heterocycles. The van der Waals surface area contributed by atoms with E-state index in [9.17, 15) is 27.2 Å². The third kappa shape index (κ3) is 4.41. The highest BCUT2D eigenvalue weighted by Gasteiger charge is 2.32. The number of pyridine rings is 1. The van der Waals surface area contributed by atoms with Crippen LogP contribution in [0, 0.1) is 5.82 Å². The van der Waals surface area contributed by atoms with Crippen LogP contribution in [0.4, 0.5) is 15.8 Å². The van der Waals surface area contributed by atoms with Gasteiger partial charge in [0.15, 0.2) is 0 Å². The molecule has 0 spiro atoms. The molecule has 13 heteroatoms. The number of rotatable bonds is 6. The van der Waals surface area contributed by atoms with Gasteiger partial charge in [-0.3, -0.25) is 18.7 Å². The van der Waals surface area contributed by atoms with Gasteiger partial charge in [0.05, 0.1) is 22.0 Å². The Morgan fingerprint density at radius 2 is 1.70 bits per heavy atom. The van der Waals surface area contributed by atoms with Crippen molar-refractivity contribution in [3.63, 3.8) is 0 Å². The fraction of sp³-hybridized carbons (Fsp3) is 0.296. The van der Waals surface area contributed by atoms with Gasteiger partial charge in [-0.05, 0) is 62.1 Å². The summed E-state index contributed by atoms with van der Waals surface area (Å²) in [4.78, 5) is 40.8. The standard InChI is InChI=1S/C27H25BrFN5O5S/c1-31-23(35)15-22(30-21-10-7-16(28)13-20(21)29)24-25(31)33(27(37)34(26(24)36)17-8-9-17)18-5-4-6-19(14-18)40(38,39)32-11-2-3-12-32/h4-7,10,13-15,17,30H,2-3,8-9,11-12H2,1H3. The SMILES string of the molecule is Cn1c(=O)cc(Nc2ccc(Br)cc2F)c2c(=O)n(C3CC3)c(=O)n(-c3cccc(S(=O)(=O)N4CCCC4)c3)c21. The largest absolute Gasteiger partial charge is 0.352 e. The summed E-state index contributed by atoms with van der Waals surface area (Å²) in [6.07, 6.45) is 2.79. The molecule has 2 aliphatic rings. The van der Waals surface area contributed by atoms with E-state index in [1.54, 1.807) is 12.1 Å². The van der Waals surface area contributed by atoms with E-state index in [0.29, 0.717) is 30.4 Å². The summed E-state index contributed by atoms with van der Waals surface area (Å²) in [5.74, 6) is -0.612. The van der Waals surface area contributed by atoms with Gasteiger partial charge in [0.2, 0.25) is 10.0 Å². The Kier molecular flexibility index (Phi) is 6.55. The van der Waals surface area contributed by atoms with Crippen LogP contribution in [0.25, 0.3) is 16.7 Å². The minimum absolute atomic E-state index is 0.00345. The Morgan fingerprint density at radius 1 is 0.975 bits per heavy atom. The van der Waals surface area contributed by atoms with Crippen LogP contribution in [0.5, 0.6) is 0 Å². The number of halogens is 2. The highest BCUT2D eigenvalue weighted by molar-refractivity contribution is 9.10. The number of benzene rings is 2. The van der Waals surface area contributed by atoms with E-state index < -0.39 is 32.6 Å². The van der Waals surface area contributed by atoms with Crippen molar-refractivity contribution in [2.24, 2.45) is 7.05 Å². The second kappa shape index (κ2) is 9.82. The molecule has 0 atom stereocenters. The first kappa shape index (κ1) is 26.7. The smallest absolute Gasteiger partial charge is 0.337 e. The van der Waals surface area contributed by atoms with Crippen LogP contribution < -0.4 is 22.1 Å². The average Bonchev–Trinajstić information content (AvgIpc) is 3.58. The van der Waals surface area contributed by atoms with Crippen LogP contribution in [0.1, 0.15) is 31.7 Å². The van der Waals surface area contributed by atoms with E-state index in [2.05, 4.69) is 21.2 Å². The summed E-state index contributed by atoms with van der Waals surface area (Å²) in [7, 11) is -2.38. The zero-order valence-corrected chi connectivity index (χ0v) is 23.8. The van der Waals surface area contributed by atoms with Crippen molar-refractivity contribution in [3.05, 3.63) is 90.0 Å². The lowest BCUT2D eigenvalue weighted by Gasteiger charge is -2.20. The molecule has 6 rings (SSSR count). The Balaban J connectivity index is 1.65. The first-order valence-electron chi connectivity index (χ1n) is 12.8. The van der Waals surface area contributed by atoms with E-state index in [1.807, 2.05) is 0 Å². The summed E-state index contributed by atoms with van der Waals surface area (Å²) in [5, 5.41) is 2.87. The molecule has 0 amide bonds. The first-order chi connectivity index (χ1) is 19.1. The molecule has 1 saturated heterocycles. The van der Waals surface area contributed by atoms with E-state index in [1.165, 1.54) is 56.9 Å². The van der Waals surface area contributed by atoms with Crippen molar-refractivity contribution in [2.45, 2.75) is 36.6 Å². The molecular formula is C27H25BrFN5O5S. The third-order valence-electron chi connectivity index (χ3n) is 7.34. The lowest BCUT2D eigenvalue weighted by Crippen LogP contribution is -2.41. The molecule has 2 fully saturated rings. The molecule has 10 nitrogen and oxygen atoms in total. The van der Waals surface area contributed by atoms with Crippen LogP contribution in [0.2, 0.25) is 0 Å². The lowest BCUT2D eigenvalue weighted by molar-refractivity contribution is 0.477. The number of anilines is 2. The highest BCUT2D eigenvalue weighted by atomic mass is 79.9. The third-order valence-corrected chi connectivity index (χ3v) is 9.73. The molecule has 1 saturated carbocycles. The molecule has 0 radical (unpaired) electrons. The molecule has 0 bridgehead atoms. The van der Waals surface area contributed by atoms with Crippen molar-refractivity contribution >= 4 is 48.4 Å². The van der Waals surface area contributed by atoms with E-state index >= 15 is 0 Å². The van der Waals surface area contributed by atoms with E-state index in [4.69, 9.17) is 0 Å². The van der Waals surface area contributed by atoms with Crippen LogP contribution >= 0.6 is 15.9 Å². The highest BCUT2D eigenvalue weighted by Crippen LogP contribution is 2.34. The van der Waals surface area contributed by atoms with Crippen molar-refractivity contribution < 1.29 is 12.8 Å². The zero-order chi connectivity index (χ0) is 28.3. The van der Waals surface area contributed by atoms with Crippen molar-refractivity contribution in [1.29, 1.82) is 0 Å². The predicted octanol–water partition coefficient (Wildman–Crippen LogP) is 3.62. The minimum Gasteiger partial charge on any atom is -0.352 e. The number of hydrogen-bond donors (Lipinski definition) is 1. The Bertz CT molecular complexity index is 1970. The van der Waals surface area contributed by atoms with E-state index in [-0.39, 0.29) is 39.0 Å². The summed E-state index contributed by atoms with van der Waals surface area (Å²) in [5.41, 5.74) is -1.63. The number of sulfonamides is 1. The molecule has 1 N–H and O–H groups in total. The number of fused-ring (bicyclic) bond motifs is 1. The predicted molar refractivity (Wildman–Crippen MR) is 153 cm³/mol. The van der Waals surface area contributed by atoms with Crippen molar-refractivity contribution in [2.75, 3.05) is 18.4 Å². The van der Waals surface area contributed by atoms with Gasteiger partial charge in [-0.25, -0.2) is 22.2 Å². The Morgan fingerprint density at radius 3 is 2.38 bits per heavy atom. The van der Waals surface area contributed by atoms with Gasteiger partial charge in [0.25, 0.3) is 11.1 Å². The minimum atomic E-state index is -3.81. The van der Waals surface area contributed by atoms with E-state index in [0.717, 1.165) is 17.4 Å². The van der Waals surface area contributed by atoms with Gasteiger partial charge in [0.1, 0.15) is 16.9 Å². The number of nitrogens with one attached hydrogen (secondary N) is 1. The van der Waals surface area contributed by atoms with Crippen LogP contribution in [-0.4, -0.2) is 39.5 Å². The molecule has 4 aromatic rings. The monoisotopic (exact) mass is 629 g/mol. The molecule has 0 unspecified atom stereocenters. The van der Waals surface area contributed by atoms with Gasteiger partial charge in [-0.2, -0.15) is 4.31 Å². The van der Waals surface area contributed by atoms with Gasteiger partial charge in [0, 0.05) is 36.7 Å². The number of hydrogen-bond acceptors (Lipinski definition) is 6. The summed E-state index contributed by atoms with van der Waals surface area (Å²) >= 11 is 3.21. The Hall–Kier alpha value is -3.55. The quantitative estimate of drug-likeness (QED) is 0.348. The molecular weight excluding hydrogens is 605 g/mol. The van der Waals surface area contributed by atoms with Crippen molar-refractivity contribution in [1.82, 2.24) is 18.0 Å². The summed E-state index contributed by atoms with van der Waals surface area (Å²) in [6, 6.07) is 11.1. The summed E-state index contributed by atoms with van der Waals surface area (Å²) in [6.45, 7) is 0.830. The zero-order valence-electron chi connectivity index (χ0n) is 21.4. The molecule has 208 valence electrons. The first-order valence-corrected chi connectivity index (χ1v) is 15.0. The van der Waals surface area contributed by atoms with Crippen LogP contribution in [-0.2, 0) is 17.1 Å². The maximum Gasteiger partial charge on any atom is 0.337 e. The van der Waals surface area contributed by atoms with Crippen LogP contribution in [0.15, 0.2) is 72.3 Å². The van der Waals surface area contributed by atoms with Gasteiger partial charge < -0.3 is 5.32 Å². The molecule has 1 aliphatic carbocycles. The average molecular weight is 630 g/mol. The lowest BCUT2D eigenvalue weighted by atomic mass is 10.2. The van der Waals surface area contributed by atoms with Crippen LogP contribution in [0.3, 0.4) is 0 Å². The molecule has 40 heavy (non-hydrogen) atoms. The second-order valence-corrected chi connectivity index (χ2v) is 12.9. The fourth-order valence-corrected chi connectivity index (χ4v) is 7.04. The fourth-order valence-electron chi connectivity index (χ4n) is 5.15. The van der Waals surface area contributed by atoms with Crippen molar-refractivity contribution in [3.8, 4) is 5.69 Å². The van der Waals surface area contributed by atoms with Gasteiger partial charge in [-0.15, -0.1) is 0 Å². The summed E-state index contributed by atoms with van der Waals surface area (Å²) < 4.78 is 46.8. The molecule has 2 aromatic carbocycles. The number of nitrogens with zero attached hydrogens (tertiary/aromatic N) is 4. The van der Waals surface area contributed by atoms with Gasteiger partial charge in [-0.1, -0.05) is 22.0 Å².